The number of fused-ring (bicyclic) bond motifs is 1. The molecule has 3 rings (SSSR count). The maximum Gasteiger partial charge on any atom is 0.166 e. The summed E-state index contributed by atoms with van der Waals surface area (Å²) >= 11 is 0. The molecule has 0 aliphatic heterocycles. The van der Waals surface area contributed by atoms with Gasteiger partial charge in [-0.25, -0.2) is 15.3 Å². The van der Waals surface area contributed by atoms with Gasteiger partial charge >= 0.3 is 0 Å². The summed E-state index contributed by atoms with van der Waals surface area (Å²) < 4.78 is 1.77. The number of benzene rings is 1. The molecule has 5 heteroatoms. The van der Waals surface area contributed by atoms with E-state index in [1.165, 1.54) is 5.56 Å². The normalized spacial score (nSPS) is 10.8. The fourth-order valence-corrected chi connectivity index (χ4v) is 2.03. The number of nitrogens with two attached hydrogens (primary N) is 1. The zero-order valence-electron chi connectivity index (χ0n) is 9.96. The van der Waals surface area contributed by atoms with Crippen molar-refractivity contribution in [2.75, 3.05) is 5.43 Å². The van der Waals surface area contributed by atoms with Gasteiger partial charge in [0.05, 0.1) is 5.69 Å². The van der Waals surface area contributed by atoms with Crippen LogP contribution in [0.1, 0.15) is 5.56 Å². The predicted octanol–water partition coefficient (Wildman–Crippen LogP) is 1.99. The maximum atomic E-state index is 5.44. The summed E-state index contributed by atoms with van der Waals surface area (Å²) in [5, 5.41) is 4.53. The Labute approximate surface area is 104 Å². The van der Waals surface area contributed by atoms with Crippen LogP contribution in [0, 0.1) is 6.92 Å². The predicted molar refractivity (Wildman–Crippen MR) is 71.0 cm³/mol. The number of rotatable bonds is 2. The molecular weight excluding hydrogens is 226 g/mol. The molecule has 18 heavy (non-hydrogen) atoms. The minimum atomic E-state index is 0.616. The molecule has 2 heterocycles. The lowest BCUT2D eigenvalue weighted by Crippen LogP contribution is -2.09. The molecule has 0 atom stereocenters. The number of hydrogen-bond acceptors (Lipinski definition) is 4. The Morgan fingerprint density at radius 3 is 2.89 bits per heavy atom. The first-order chi connectivity index (χ1) is 8.79. The van der Waals surface area contributed by atoms with Crippen molar-refractivity contribution >= 4 is 11.3 Å². The van der Waals surface area contributed by atoms with Gasteiger partial charge in [0.25, 0.3) is 0 Å². The molecule has 0 aliphatic carbocycles. The van der Waals surface area contributed by atoms with E-state index >= 15 is 0 Å². The smallest absolute Gasteiger partial charge is 0.166 e. The molecule has 0 bridgehead atoms. The molecule has 0 fully saturated rings. The number of hydrogen-bond donors (Lipinski definition) is 2. The second kappa shape index (κ2) is 4.12. The first-order valence-corrected chi connectivity index (χ1v) is 5.66. The van der Waals surface area contributed by atoms with Crippen molar-refractivity contribution < 1.29 is 0 Å². The van der Waals surface area contributed by atoms with Gasteiger partial charge < -0.3 is 5.43 Å². The van der Waals surface area contributed by atoms with E-state index in [-0.39, 0.29) is 0 Å². The van der Waals surface area contributed by atoms with Gasteiger partial charge in [-0.3, -0.25) is 0 Å². The van der Waals surface area contributed by atoms with E-state index in [2.05, 4.69) is 34.6 Å². The Morgan fingerprint density at radius 1 is 1.28 bits per heavy atom. The van der Waals surface area contributed by atoms with Gasteiger partial charge in [0, 0.05) is 18.0 Å². The number of nitrogens with zero attached hydrogens (tertiary/aromatic N) is 3. The van der Waals surface area contributed by atoms with Crippen LogP contribution >= 0.6 is 0 Å². The third kappa shape index (κ3) is 1.61. The van der Waals surface area contributed by atoms with Gasteiger partial charge in [0.2, 0.25) is 0 Å². The van der Waals surface area contributed by atoms with Gasteiger partial charge in [0.1, 0.15) is 5.52 Å². The summed E-state index contributed by atoms with van der Waals surface area (Å²) in [4.78, 5) is 4.16. The molecule has 0 radical (unpaired) electrons. The van der Waals surface area contributed by atoms with Crippen LogP contribution in [0.5, 0.6) is 0 Å². The van der Waals surface area contributed by atoms with Gasteiger partial charge in [-0.15, -0.1) is 0 Å². The van der Waals surface area contributed by atoms with Crippen molar-refractivity contribution in [1.82, 2.24) is 14.6 Å². The van der Waals surface area contributed by atoms with Crippen molar-refractivity contribution in [3.05, 3.63) is 48.3 Å². The van der Waals surface area contributed by atoms with Gasteiger partial charge in [-0.05, 0) is 18.6 Å². The maximum absolute atomic E-state index is 5.44. The Morgan fingerprint density at radius 2 is 2.11 bits per heavy atom. The van der Waals surface area contributed by atoms with Crippen LogP contribution in [0.25, 0.3) is 16.8 Å². The number of aromatic nitrogens is 3. The molecule has 0 aliphatic rings. The second-order valence-corrected chi connectivity index (χ2v) is 4.09. The summed E-state index contributed by atoms with van der Waals surface area (Å²) in [7, 11) is 0. The SMILES string of the molecule is Cc1ccccc1-c1cc2c(NN)nccn2n1. The first kappa shape index (κ1) is 10.7. The van der Waals surface area contributed by atoms with E-state index in [1.807, 2.05) is 18.2 Å². The van der Waals surface area contributed by atoms with Crippen molar-refractivity contribution in [1.29, 1.82) is 0 Å². The molecule has 1 aromatic carbocycles. The van der Waals surface area contributed by atoms with Crippen LogP contribution < -0.4 is 11.3 Å². The quantitative estimate of drug-likeness (QED) is 0.530. The molecule has 0 unspecified atom stereocenters. The summed E-state index contributed by atoms with van der Waals surface area (Å²) in [5.41, 5.74) is 6.66. The summed E-state index contributed by atoms with van der Waals surface area (Å²) in [6.07, 6.45) is 3.47. The van der Waals surface area contributed by atoms with Gasteiger partial charge in [0.15, 0.2) is 5.82 Å². The molecule has 0 spiro atoms. The Bertz CT molecular complexity index is 701. The highest BCUT2D eigenvalue weighted by atomic mass is 15.3. The van der Waals surface area contributed by atoms with Crippen molar-refractivity contribution in [3.63, 3.8) is 0 Å². The van der Waals surface area contributed by atoms with E-state index in [1.54, 1.807) is 16.9 Å². The van der Waals surface area contributed by atoms with Crippen LogP contribution in [0.4, 0.5) is 5.82 Å². The monoisotopic (exact) mass is 239 g/mol. The summed E-state index contributed by atoms with van der Waals surface area (Å²) in [6, 6.07) is 10.1. The number of nitrogens with one attached hydrogen (secondary N) is 1. The molecule has 3 N–H and O–H groups in total. The molecule has 5 nitrogen and oxygen atoms in total. The molecule has 3 aromatic rings. The molecule has 0 amide bonds. The fourth-order valence-electron chi connectivity index (χ4n) is 2.03. The Balaban J connectivity index is 2.23. The zero-order valence-corrected chi connectivity index (χ0v) is 9.96. The second-order valence-electron chi connectivity index (χ2n) is 4.09. The van der Waals surface area contributed by atoms with Crippen LogP contribution in [-0.4, -0.2) is 14.6 Å². The van der Waals surface area contributed by atoms with Crippen LogP contribution in [0.3, 0.4) is 0 Å². The van der Waals surface area contributed by atoms with Crippen LogP contribution in [0.2, 0.25) is 0 Å². The highest BCUT2D eigenvalue weighted by Gasteiger charge is 2.09. The zero-order chi connectivity index (χ0) is 12.5. The fraction of sp³-hybridized carbons (Fsp3) is 0.0769. The van der Waals surface area contributed by atoms with Crippen molar-refractivity contribution in [3.8, 4) is 11.3 Å². The summed E-state index contributed by atoms with van der Waals surface area (Å²) in [5.74, 6) is 6.06. The third-order valence-electron chi connectivity index (χ3n) is 2.95. The van der Waals surface area contributed by atoms with Crippen LogP contribution in [0.15, 0.2) is 42.7 Å². The van der Waals surface area contributed by atoms with E-state index < -0.39 is 0 Å². The molecule has 0 saturated carbocycles. The average molecular weight is 239 g/mol. The van der Waals surface area contributed by atoms with E-state index in [9.17, 15) is 0 Å². The molecule has 0 saturated heterocycles. The van der Waals surface area contributed by atoms with Gasteiger partial charge in [-0.1, -0.05) is 24.3 Å². The van der Waals surface area contributed by atoms with E-state index in [0.29, 0.717) is 5.82 Å². The number of aryl methyl sites for hydroxylation is 1. The lowest BCUT2D eigenvalue weighted by molar-refractivity contribution is 0.948. The Kier molecular flexibility index (Phi) is 2.46. The lowest BCUT2D eigenvalue weighted by Gasteiger charge is -1.99. The standard InChI is InChI=1S/C13H13N5/c1-9-4-2-3-5-10(9)11-8-12-13(16-14)15-6-7-18(12)17-11/h2-8H,14H2,1H3,(H,15,16). The number of anilines is 1. The van der Waals surface area contributed by atoms with E-state index in [4.69, 9.17) is 5.84 Å². The summed E-state index contributed by atoms with van der Waals surface area (Å²) in [6.45, 7) is 2.07. The third-order valence-corrected chi connectivity index (χ3v) is 2.95. The minimum Gasteiger partial charge on any atom is -0.307 e. The topological polar surface area (TPSA) is 68.2 Å². The Hall–Kier alpha value is -2.40. The molecule has 2 aromatic heterocycles. The van der Waals surface area contributed by atoms with Gasteiger partial charge in [-0.2, -0.15) is 5.10 Å². The average Bonchev–Trinajstić information content (AvgIpc) is 2.82. The van der Waals surface area contributed by atoms with Crippen LogP contribution in [-0.2, 0) is 0 Å². The minimum absolute atomic E-state index is 0.616. The lowest BCUT2D eigenvalue weighted by atomic mass is 10.1. The first-order valence-electron chi connectivity index (χ1n) is 5.66. The molecule has 90 valence electrons. The highest BCUT2D eigenvalue weighted by Crippen LogP contribution is 2.24. The van der Waals surface area contributed by atoms with E-state index in [0.717, 1.165) is 16.8 Å². The molecular formula is C13H13N5. The number of hydrazine groups is 1. The number of nitrogen functional groups attached to an aromatic ring is 1. The van der Waals surface area contributed by atoms with Crippen molar-refractivity contribution in [2.45, 2.75) is 6.92 Å². The largest absolute Gasteiger partial charge is 0.307 e. The highest BCUT2D eigenvalue weighted by molar-refractivity contribution is 5.75. The van der Waals surface area contributed by atoms with Crippen molar-refractivity contribution in [2.24, 2.45) is 5.84 Å².